The van der Waals surface area contributed by atoms with E-state index >= 15 is 0 Å². The van der Waals surface area contributed by atoms with Crippen molar-refractivity contribution in [1.29, 1.82) is 0 Å². The summed E-state index contributed by atoms with van der Waals surface area (Å²) >= 11 is 0. The van der Waals surface area contributed by atoms with Crippen molar-refractivity contribution in [2.24, 2.45) is 0 Å². The molecule has 0 fully saturated rings. The molecule has 3 rings (SSSR count). The molecule has 0 spiro atoms. The average molecular weight is 281 g/mol. The Hall–Kier alpha value is -2.82. The van der Waals surface area contributed by atoms with Crippen molar-refractivity contribution < 1.29 is 9.18 Å². The molecule has 0 N–H and O–H groups in total. The number of hydrogen-bond donors (Lipinski definition) is 0. The number of aldehydes is 1. The summed E-state index contributed by atoms with van der Waals surface area (Å²) in [6, 6.07) is 13.6. The van der Waals surface area contributed by atoms with E-state index in [-0.39, 0.29) is 11.5 Å². The van der Waals surface area contributed by atoms with Gasteiger partial charge in [-0.05, 0) is 25.1 Å². The van der Waals surface area contributed by atoms with Crippen LogP contribution in [0.4, 0.5) is 4.39 Å². The second-order valence-corrected chi connectivity index (χ2v) is 4.70. The molecule has 0 radical (unpaired) electrons. The largest absolute Gasteiger partial charge is 0.296 e. The molecule has 0 aliphatic rings. The first-order chi connectivity index (χ1) is 10.2. The van der Waals surface area contributed by atoms with E-state index in [0.29, 0.717) is 17.7 Å². The Kier molecular flexibility index (Phi) is 3.31. The molecule has 5 heteroatoms. The predicted molar refractivity (Wildman–Crippen MR) is 76.9 cm³/mol. The quantitative estimate of drug-likeness (QED) is 0.693. The first kappa shape index (κ1) is 13.2. The molecule has 2 aromatic carbocycles. The Balaban J connectivity index is 2.21. The molecular weight excluding hydrogens is 269 g/mol. The minimum atomic E-state index is -0.370. The monoisotopic (exact) mass is 281 g/mol. The molecule has 1 heterocycles. The molecule has 0 amide bonds. The molecular formula is C16H12FN3O. The highest BCUT2D eigenvalue weighted by molar-refractivity contribution is 5.84. The van der Waals surface area contributed by atoms with Crippen LogP contribution in [-0.2, 0) is 0 Å². The zero-order chi connectivity index (χ0) is 14.8. The summed E-state index contributed by atoms with van der Waals surface area (Å²) in [7, 11) is 0. The highest BCUT2D eigenvalue weighted by Gasteiger charge is 2.16. The summed E-state index contributed by atoms with van der Waals surface area (Å²) in [5, 5.41) is 7.83. The Bertz CT molecular complexity index is 794. The first-order valence-corrected chi connectivity index (χ1v) is 6.43. The molecule has 3 aromatic rings. The van der Waals surface area contributed by atoms with Crippen LogP contribution in [0.25, 0.3) is 16.9 Å². The van der Waals surface area contributed by atoms with Crippen molar-refractivity contribution in [2.45, 2.75) is 6.92 Å². The fourth-order valence-corrected chi connectivity index (χ4v) is 2.14. The second-order valence-electron chi connectivity index (χ2n) is 4.70. The van der Waals surface area contributed by atoms with Crippen LogP contribution in [0.5, 0.6) is 0 Å². The van der Waals surface area contributed by atoms with Crippen LogP contribution in [0.15, 0.2) is 48.5 Å². The predicted octanol–water partition coefficient (Wildman–Crippen LogP) is 3.19. The Morgan fingerprint density at radius 3 is 2.57 bits per heavy atom. The molecule has 0 saturated carbocycles. The summed E-state index contributed by atoms with van der Waals surface area (Å²) < 4.78 is 14.9. The average Bonchev–Trinajstić information content (AvgIpc) is 2.92. The zero-order valence-corrected chi connectivity index (χ0v) is 11.3. The van der Waals surface area contributed by atoms with E-state index in [1.54, 1.807) is 12.1 Å². The molecule has 4 nitrogen and oxygen atoms in total. The molecule has 0 unspecified atom stereocenters. The van der Waals surface area contributed by atoms with Crippen LogP contribution >= 0.6 is 0 Å². The standard InChI is InChI=1S/C16H12FN3O/c1-11-5-7-12(8-6-11)16-15(10-21)18-19-20(16)14-4-2-3-13(17)9-14/h2-10H,1H3. The van der Waals surface area contributed by atoms with E-state index < -0.39 is 0 Å². The number of hydrogen-bond acceptors (Lipinski definition) is 3. The minimum Gasteiger partial charge on any atom is -0.296 e. The fourth-order valence-electron chi connectivity index (χ4n) is 2.14. The van der Waals surface area contributed by atoms with Gasteiger partial charge in [-0.15, -0.1) is 5.10 Å². The molecule has 0 atom stereocenters. The lowest BCUT2D eigenvalue weighted by molar-refractivity contribution is 0.111. The summed E-state index contributed by atoms with van der Waals surface area (Å²) in [5.41, 5.74) is 3.21. The zero-order valence-electron chi connectivity index (χ0n) is 11.3. The Labute approximate surface area is 120 Å². The van der Waals surface area contributed by atoms with Gasteiger partial charge < -0.3 is 0 Å². The number of halogens is 1. The maximum Gasteiger partial charge on any atom is 0.172 e. The van der Waals surface area contributed by atoms with Gasteiger partial charge in [0.1, 0.15) is 11.5 Å². The van der Waals surface area contributed by atoms with Crippen molar-refractivity contribution in [3.63, 3.8) is 0 Å². The highest BCUT2D eigenvalue weighted by atomic mass is 19.1. The van der Waals surface area contributed by atoms with Crippen molar-refractivity contribution in [2.75, 3.05) is 0 Å². The maximum atomic E-state index is 13.4. The SMILES string of the molecule is Cc1ccc(-c2c(C=O)nnn2-c2cccc(F)c2)cc1. The van der Waals surface area contributed by atoms with Crippen molar-refractivity contribution in [1.82, 2.24) is 15.0 Å². The third-order valence-electron chi connectivity index (χ3n) is 3.19. The summed E-state index contributed by atoms with van der Waals surface area (Å²) in [6.45, 7) is 1.98. The van der Waals surface area contributed by atoms with Crippen LogP contribution in [-0.4, -0.2) is 21.3 Å². The van der Waals surface area contributed by atoms with Crippen molar-refractivity contribution >= 4 is 6.29 Å². The lowest BCUT2D eigenvalue weighted by Crippen LogP contribution is -2.00. The lowest BCUT2D eigenvalue weighted by atomic mass is 10.1. The van der Waals surface area contributed by atoms with Gasteiger partial charge in [0.2, 0.25) is 0 Å². The number of aromatic nitrogens is 3. The number of nitrogens with zero attached hydrogens (tertiary/aromatic N) is 3. The third-order valence-corrected chi connectivity index (χ3v) is 3.19. The van der Waals surface area contributed by atoms with Gasteiger partial charge in [0, 0.05) is 5.56 Å². The summed E-state index contributed by atoms with van der Waals surface area (Å²) in [5.74, 6) is -0.370. The van der Waals surface area contributed by atoms with Crippen molar-refractivity contribution in [3.05, 3.63) is 65.6 Å². The molecule has 0 saturated heterocycles. The topological polar surface area (TPSA) is 47.8 Å². The normalized spacial score (nSPS) is 10.6. The van der Waals surface area contributed by atoms with Crippen molar-refractivity contribution in [3.8, 4) is 16.9 Å². The number of carbonyl (C=O) groups excluding carboxylic acids is 1. The fraction of sp³-hybridized carbons (Fsp3) is 0.0625. The lowest BCUT2D eigenvalue weighted by Gasteiger charge is -2.07. The number of carbonyl (C=O) groups is 1. The number of aryl methyl sites for hydroxylation is 1. The minimum absolute atomic E-state index is 0.225. The maximum absolute atomic E-state index is 13.4. The molecule has 104 valence electrons. The van der Waals surface area contributed by atoms with Gasteiger partial charge >= 0.3 is 0 Å². The van der Waals surface area contributed by atoms with Crippen LogP contribution in [0.3, 0.4) is 0 Å². The second kappa shape index (κ2) is 5.28. The first-order valence-electron chi connectivity index (χ1n) is 6.43. The third kappa shape index (κ3) is 2.45. The molecule has 0 bridgehead atoms. The van der Waals surface area contributed by atoms with Gasteiger partial charge in [-0.25, -0.2) is 9.07 Å². The molecule has 21 heavy (non-hydrogen) atoms. The van der Waals surface area contributed by atoms with Crippen LogP contribution < -0.4 is 0 Å². The van der Waals surface area contributed by atoms with Gasteiger partial charge in [-0.2, -0.15) is 0 Å². The van der Waals surface area contributed by atoms with E-state index in [9.17, 15) is 9.18 Å². The summed E-state index contributed by atoms with van der Waals surface area (Å²) in [6.07, 6.45) is 0.651. The van der Waals surface area contributed by atoms with Gasteiger partial charge in [0.25, 0.3) is 0 Å². The van der Waals surface area contributed by atoms with E-state index in [4.69, 9.17) is 0 Å². The number of benzene rings is 2. The number of rotatable bonds is 3. The molecule has 0 aliphatic carbocycles. The van der Waals surface area contributed by atoms with E-state index in [2.05, 4.69) is 10.3 Å². The van der Waals surface area contributed by atoms with Crippen LogP contribution in [0.2, 0.25) is 0 Å². The van der Waals surface area contributed by atoms with E-state index in [1.165, 1.54) is 16.8 Å². The van der Waals surface area contributed by atoms with Gasteiger partial charge in [0.05, 0.1) is 5.69 Å². The van der Waals surface area contributed by atoms with Crippen LogP contribution in [0, 0.1) is 12.7 Å². The van der Waals surface area contributed by atoms with E-state index in [0.717, 1.165) is 11.1 Å². The van der Waals surface area contributed by atoms with E-state index in [1.807, 2.05) is 31.2 Å². The van der Waals surface area contributed by atoms with Gasteiger partial charge in [-0.3, -0.25) is 4.79 Å². The molecule has 1 aromatic heterocycles. The highest BCUT2D eigenvalue weighted by Crippen LogP contribution is 2.25. The van der Waals surface area contributed by atoms with Gasteiger partial charge in [-0.1, -0.05) is 41.1 Å². The summed E-state index contributed by atoms with van der Waals surface area (Å²) in [4.78, 5) is 11.2. The van der Waals surface area contributed by atoms with Gasteiger partial charge in [0.15, 0.2) is 12.0 Å². The molecule has 0 aliphatic heterocycles. The van der Waals surface area contributed by atoms with Crippen LogP contribution in [0.1, 0.15) is 16.1 Å². The smallest absolute Gasteiger partial charge is 0.172 e. The Morgan fingerprint density at radius 2 is 1.90 bits per heavy atom. The Morgan fingerprint density at radius 1 is 1.14 bits per heavy atom.